The number of hydrogen-bond acceptors (Lipinski definition) is 5. The standard InChI is InChI=1S/C16H16N4O3S/c17-11-15-18-13-8-4-5-9-14(13)24(22,23)20(15)19-16(21)10-12-6-2-1-3-7-12/h1-9H,10-11,17H2,(H,19,21). The number of aliphatic imine (C=N–C) groups is 1. The molecule has 3 N–H and O–H groups in total. The first-order valence-electron chi connectivity index (χ1n) is 7.28. The zero-order chi connectivity index (χ0) is 17.2. The van der Waals surface area contributed by atoms with Crippen molar-refractivity contribution in [3.05, 3.63) is 60.2 Å². The molecule has 0 atom stereocenters. The summed E-state index contributed by atoms with van der Waals surface area (Å²) in [6.45, 7) is -0.126. The summed E-state index contributed by atoms with van der Waals surface area (Å²) in [7, 11) is -3.94. The van der Waals surface area contributed by atoms with E-state index in [0.29, 0.717) is 5.69 Å². The van der Waals surface area contributed by atoms with Gasteiger partial charge in [0.05, 0.1) is 18.7 Å². The molecule has 8 heteroatoms. The van der Waals surface area contributed by atoms with E-state index in [1.54, 1.807) is 30.3 Å². The molecule has 0 aliphatic carbocycles. The number of fused-ring (bicyclic) bond motifs is 1. The summed E-state index contributed by atoms with van der Waals surface area (Å²) in [6.07, 6.45) is 0.0480. The lowest BCUT2D eigenvalue weighted by Crippen LogP contribution is -2.53. The van der Waals surface area contributed by atoms with E-state index >= 15 is 0 Å². The van der Waals surface area contributed by atoms with Gasteiger partial charge in [-0.15, -0.1) is 0 Å². The van der Waals surface area contributed by atoms with Gasteiger partial charge in [-0.3, -0.25) is 10.2 Å². The van der Waals surface area contributed by atoms with Gasteiger partial charge in [-0.1, -0.05) is 42.5 Å². The monoisotopic (exact) mass is 344 g/mol. The van der Waals surface area contributed by atoms with Gasteiger partial charge in [-0.2, -0.15) is 12.8 Å². The fourth-order valence-electron chi connectivity index (χ4n) is 2.38. The predicted molar refractivity (Wildman–Crippen MR) is 89.9 cm³/mol. The lowest BCUT2D eigenvalue weighted by Gasteiger charge is -2.29. The molecule has 0 spiro atoms. The first kappa shape index (κ1) is 16.2. The molecule has 124 valence electrons. The van der Waals surface area contributed by atoms with Crippen LogP contribution in [-0.4, -0.2) is 31.1 Å². The quantitative estimate of drug-likeness (QED) is 0.861. The van der Waals surface area contributed by atoms with Crippen molar-refractivity contribution in [2.45, 2.75) is 11.3 Å². The summed E-state index contributed by atoms with van der Waals surface area (Å²) in [5, 5.41) is 0. The molecule has 1 aliphatic rings. The SMILES string of the molecule is NCC1=Nc2ccccc2S(=O)(=O)N1NC(=O)Cc1ccccc1. The van der Waals surface area contributed by atoms with Crippen LogP contribution in [0.25, 0.3) is 0 Å². The number of para-hydroxylation sites is 1. The molecule has 0 fully saturated rings. The Morgan fingerprint density at radius 2 is 1.75 bits per heavy atom. The third kappa shape index (κ3) is 3.01. The number of nitrogens with zero attached hydrogens (tertiary/aromatic N) is 2. The molecular weight excluding hydrogens is 328 g/mol. The summed E-state index contributed by atoms with van der Waals surface area (Å²) in [5.74, 6) is -0.402. The van der Waals surface area contributed by atoms with Crippen LogP contribution in [0.15, 0.2) is 64.5 Å². The third-order valence-electron chi connectivity index (χ3n) is 3.48. The highest BCUT2D eigenvalue weighted by Crippen LogP contribution is 2.30. The average molecular weight is 344 g/mol. The summed E-state index contributed by atoms with van der Waals surface area (Å²) in [4.78, 5) is 16.5. The summed E-state index contributed by atoms with van der Waals surface area (Å²) >= 11 is 0. The highest BCUT2D eigenvalue weighted by atomic mass is 32.2. The molecule has 24 heavy (non-hydrogen) atoms. The van der Waals surface area contributed by atoms with Gasteiger partial charge in [0.2, 0.25) is 5.91 Å². The topological polar surface area (TPSA) is 105 Å². The minimum absolute atomic E-state index is 0.0298. The van der Waals surface area contributed by atoms with Gasteiger partial charge in [-0.25, -0.2) is 4.99 Å². The van der Waals surface area contributed by atoms with E-state index < -0.39 is 15.9 Å². The van der Waals surface area contributed by atoms with Crippen LogP contribution in [-0.2, 0) is 21.2 Å². The fourth-order valence-corrected chi connectivity index (χ4v) is 3.82. The van der Waals surface area contributed by atoms with Crippen LogP contribution in [0.2, 0.25) is 0 Å². The van der Waals surface area contributed by atoms with Crippen LogP contribution >= 0.6 is 0 Å². The molecule has 7 nitrogen and oxygen atoms in total. The largest absolute Gasteiger partial charge is 0.324 e. The van der Waals surface area contributed by atoms with Crippen molar-refractivity contribution in [1.82, 2.24) is 9.84 Å². The minimum atomic E-state index is -3.94. The molecule has 2 aromatic carbocycles. The molecule has 1 heterocycles. The summed E-state index contributed by atoms with van der Waals surface area (Å²) in [5.41, 5.74) is 9.09. The molecular formula is C16H16N4O3S. The highest BCUT2D eigenvalue weighted by molar-refractivity contribution is 7.89. The number of amidine groups is 1. The number of sulfonamides is 1. The van der Waals surface area contributed by atoms with E-state index in [4.69, 9.17) is 5.73 Å². The minimum Gasteiger partial charge on any atom is -0.324 e. The van der Waals surface area contributed by atoms with E-state index in [1.165, 1.54) is 6.07 Å². The molecule has 0 saturated heterocycles. The van der Waals surface area contributed by atoms with E-state index in [1.807, 2.05) is 18.2 Å². The lowest BCUT2D eigenvalue weighted by atomic mass is 10.1. The van der Waals surface area contributed by atoms with Crippen molar-refractivity contribution in [3.8, 4) is 0 Å². The number of hydrogen-bond donors (Lipinski definition) is 2. The van der Waals surface area contributed by atoms with E-state index in [0.717, 1.165) is 9.98 Å². The summed E-state index contributed by atoms with van der Waals surface area (Å²) < 4.78 is 26.2. The van der Waals surface area contributed by atoms with E-state index in [9.17, 15) is 13.2 Å². The van der Waals surface area contributed by atoms with Gasteiger partial charge >= 0.3 is 0 Å². The highest BCUT2D eigenvalue weighted by Gasteiger charge is 2.34. The smallest absolute Gasteiger partial charge is 0.285 e. The fraction of sp³-hybridized carbons (Fsp3) is 0.125. The molecule has 2 aromatic rings. The first-order valence-corrected chi connectivity index (χ1v) is 8.72. The molecule has 1 aliphatic heterocycles. The first-order chi connectivity index (χ1) is 11.5. The van der Waals surface area contributed by atoms with Gasteiger partial charge in [0.15, 0.2) is 5.84 Å². The Bertz CT molecular complexity index is 895. The van der Waals surface area contributed by atoms with Crippen LogP contribution < -0.4 is 11.2 Å². The normalized spacial score (nSPS) is 15.4. The maximum absolute atomic E-state index is 12.7. The Morgan fingerprint density at radius 1 is 1.08 bits per heavy atom. The van der Waals surface area contributed by atoms with Crippen molar-refractivity contribution in [2.24, 2.45) is 10.7 Å². The Labute approximate surface area is 139 Å². The number of carbonyl (C=O) groups excluding carboxylic acids is 1. The van der Waals surface area contributed by atoms with E-state index in [2.05, 4.69) is 10.4 Å². The van der Waals surface area contributed by atoms with Gasteiger partial charge in [0, 0.05) is 0 Å². The summed E-state index contributed by atoms with van der Waals surface area (Å²) in [6, 6.07) is 15.4. The van der Waals surface area contributed by atoms with Gasteiger partial charge < -0.3 is 5.73 Å². The molecule has 0 unspecified atom stereocenters. The van der Waals surface area contributed by atoms with Crippen molar-refractivity contribution in [1.29, 1.82) is 0 Å². The van der Waals surface area contributed by atoms with Crippen LogP contribution in [0, 0.1) is 0 Å². The second-order valence-electron chi connectivity index (χ2n) is 5.17. The zero-order valence-electron chi connectivity index (χ0n) is 12.7. The maximum atomic E-state index is 12.7. The molecule has 0 aromatic heterocycles. The second kappa shape index (κ2) is 6.42. The van der Waals surface area contributed by atoms with Crippen LogP contribution in [0.3, 0.4) is 0 Å². The number of rotatable bonds is 4. The molecule has 0 radical (unpaired) electrons. The lowest BCUT2D eigenvalue weighted by molar-refractivity contribution is -0.122. The Kier molecular flexibility index (Phi) is 4.32. The molecule has 1 amide bonds. The Balaban J connectivity index is 1.88. The predicted octanol–water partition coefficient (Wildman–Crippen LogP) is 0.953. The van der Waals surface area contributed by atoms with Crippen LogP contribution in [0.5, 0.6) is 0 Å². The molecule has 0 bridgehead atoms. The van der Waals surface area contributed by atoms with Crippen molar-refractivity contribution < 1.29 is 13.2 Å². The zero-order valence-corrected chi connectivity index (χ0v) is 13.5. The van der Waals surface area contributed by atoms with Crippen molar-refractivity contribution in [3.63, 3.8) is 0 Å². The van der Waals surface area contributed by atoms with Gasteiger partial charge in [0.25, 0.3) is 10.0 Å². The number of amides is 1. The Morgan fingerprint density at radius 3 is 2.46 bits per heavy atom. The van der Waals surface area contributed by atoms with Crippen molar-refractivity contribution >= 4 is 27.5 Å². The Hall–Kier alpha value is -2.71. The van der Waals surface area contributed by atoms with Gasteiger partial charge in [-0.05, 0) is 17.7 Å². The van der Waals surface area contributed by atoms with Crippen LogP contribution in [0.4, 0.5) is 5.69 Å². The number of nitrogens with one attached hydrogen (secondary N) is 1. The maximum Gasteiger partial charge on any atom is 0.285 e. The third-order valence-corrected chi connectivity index (χ3v) is 5.17. The van der Waals surface area contributed by atoms with Crippen molar-refractivity contribution in [2.75, 3.05) is 6.54 Å². The van der Waals surface area contributed by atoms with Gasteiger partial charge in [0.1, 0.15) is 4.90 Å². The average Bonchev–Trinajstić information content (AvgIpc) is 2.58. The van der Waals surface area contributed by atoms with Crippen LogP contribution in [0.1, 0.15) is 5.56 Å². The molecule has 0 saturated carbocycles. The number of carbonyl (C=O) groups is 1. The molecule has 3 rings (SSSR count). The number of benzene rings is 2. The number of nitrogens with two attached hydrogens (primary N) is 1. The second-order valence-corrected chi connectivity index (χ2v) is 6.92. The van der Waals surface area contributed by atoms with E-state index in [-0.39, 0.29) is 23.7 Å². The number of hydrazine groups is 1.